The summed E-state index contributed by atoms with van der Waals surface area (Å²) in [7, 11) is 0. The van der Waals surface area contributed by atoms with Gasteiger partial charge in [0.25, 0.3) is 0 Å². The van der Waals surface area contributed by atoms with Crippen LogP contribution in [0, 0.1) is 0 Å². The molecule has 5 N–H and O–H groups in total. The summed E-state index contributed by atoms with van der Waals surface area (Å²) < 4.78 is 11.6. The van der Waals surface area contributed by atoms with Gasteiger partial charge in [0.15, 0.2) is 0 Å². The molecule has 0 spiro atoms. The number of aromatic amines is 1. The summed E-state index contributed by atoms with van der Waals surface area (Å²) in [4.78, 5) is 2.98. The van der Waals surface area contributed by atoms with Gasteiger partial charge in [0.1, 0.15) is 30.2 Å². The smallest absolute Gasteiger partial charge is 0.229 e. The van der Waals surface area contributed by atoms with Crippen LogP contribution in [-0.4, -0.2) is 62.7 Å². The van der Waals surface area contributed by atoms with Crippen LogP contribution in [0.15, 0.2) is 22.8 Å². The maximum Gasteiger partial charge on any atom is 0.229 e. The normalized spacial score (nSPS) is 31.5. The Balaban J connectivity index is 1.88. The van der Waals surface area contributed by atoms with Gasteiger partial charge in [-0.2, -0.15) is 0 Å². The van der Waals surface area contributed by atoms with Crippen LogP contribution in [0.2, 0.25) is 5.02 Å². The standard InChI is InChI=1S/C14H15BrClNO6/c15-6-1-5-8(2-7(6)16)17-3-9(5)22-14-13(21)12(20)11(19)10(4-18)23-14/h1-3,10-14,17-21H,4H2/t10-,11-,12-,13+,14+/m1/s1. The minimum atomic E-state index is -1.49. The van der Waals surface area contributed by atoms with Crippen molar-refractivity contribution in [1.29, 1.82) is 0 Å². The zero-order valence-corrected chi connectivity index (χ0v) is 14.0. The fourth-order valence-electron chi connectivity index (χ4n) is 2.48. The van der Waals surface area contributed by atoms with Gasteiger partial charge in [-0.25, -0.2) is 0 Å². The highest BCUT2D eigenvalue weighted by molar-refractivity contribution is 9.10. The van der Waals surface area contributed by atoms with Crippen molar-refractivity contribution in [2.45, 2.75) is 30.7 Å². The topological polar surface area (TPSA) is 115 Å². The average molecular weight is 409 g/mol. The third kappa shape index (κ3) is 3.08. The molecule has 23 heavy (non-hydrogen) atoms. The molecule has 2 heterocycles. The number of hydrogen-bond donors (Lipinski definition) is 5. The van der Waals surface area contributed by atoms with Gasteiger partial charge < -0.3 is 34.9 Å². The first-order valence-corrected chi connectivity index (χ1v) is 8.02. The van der Waals surface area contributed by atoms with Gasteiger partial charge in [0, 0.05) is 16.1 Å². The van der Waals surface area contributed by atoms with Gasteiger partial charge in [0.05, 0.1) is 17.1 Å². The first kappa shape index (κ1) is 17.0. The molecule has 0 bridgehead atoms. The van der Waals surface area contributed by atoms with Crippen LogP contribution in [-0.2, 0) is 4.74 Å². The van der Waals surface area contributed by atoms with E-state index in [2.05, 4.69) is 20.9 Å². The molecule has 3 rings (SSSR count). The predicted octanol–water partition coefficient (Wildman–Crippen LogP) is 0.762. The largest absolute Gasteiger partial charge is 0.460 e. The van der Waals surface area contributed by atoms with Crippen LogP contribution in [0.3, 0.4) is 0 Å². The van der Waals surface area contributed by atoms with E-state index >= 15 is 0 Å². The molecule has 0 aliphatic carbocycles. The van der Waals surface area contributed by atoms with Crippen LogP contribution >= 0.6 is 27.5 Å². The molecule has 1 saturated heterocycles. The van der Waals surface area contributed by atoms with E-state index in [1.807, 2.05) is 0 Å². The third-order valence-corrected chi connectivity index (χ3v) is 4.97. The van der Waals surface area contributed by atoms with Crippen molar-refractivity contribution in [2.75, 3.05) is 6.61 Å². The molecule has 1 aromatic heterocycles. The Morgan fingerprint density at radius 1 is 1.22 bits per heavy atom. The molecular formula is C14H15BrClNO6. The summed E-state index contributed by atoms with van der Waals surface area (Å²) in [6.07, 6.45) is -5.07. The average Bonchev–Trinajstić information content (AvgIpc) is 2.90. The van der Waals surface area contributed by atoms with E-state index in [0.717, 1.165) is 5.52 Å². The second-order valence-electron chi connectivity index (χ2n) is 5.28. The lowest BCUT2D eigenvalue weighted by molar-refractivity contribution is -0.277. The maximum absolute atomic E-state index is 10.0. The van der Waals surface area contributed by atoms with Gasteiger partial charge in [0.2, 0.25) is 6.29 Å². The molecule has 0 amide bonds. The summed E-state index contributed by atoms with van der Waals surface area (Å²) in [6, 6.07) is 3.45. The number of hydrogen-bond acceptors (Lipinski definition) is 6. The zero-order chi connectivity index (χ0) is 16.7. The Bertz CT molecular complexity index is 708. The van der Waals surface area contributed by atoms with Crippen LogP contribution < -0.4 is 4.74 Å². The monoisotopic (exact) mass is 407 g/mol. The molecule has 1 aliphatic heterocycles. The van der Waals surface area contributed by atoms with E-state index in [4.69, 9.17) is 21.1 Å². The van der Waals surface area contributed by atoms with Crippen molar-refractivity contribution in [1.82, 2.24) is 4.98 Å². The van der Waals surface area contributed by atoms with Crippen molar-refractivity contribution < 1.29 is 29.9 Å². The first-order chi connectivity index (χ1) is 10.9. The van der Waals surface area contributed by atoms with E-state index < -0.39 is 37.3 Å². The first-order valence-electron chi connectivity index (χ1n) is 6.85. The highest BCUT2D eigenvalue weighted by Gasteiger charge is 2.44. The van der Waals surface area contributed by atoms with Crippen LogP contribution in [0.5, 0.6) is 5.75 Å². The second kappa shape index (κ2) is 6.56. The van der Waals surface area contributed by atoms with E-state index in [0.29, 0.717) is 20.6 Å². The highest BCUT2D eigenvalue weighted by atomic mass is 79.9. The van der Waals surface area contributed by atoms with E-state index in [9.17, 15) is 20.4 Å². The highest BCUT2D eigenvalue weighted by Crippen LogP contribution is 2.34. The molecule has 1 aromatic carbocycles. The fourth-order valence-corrected chi connectivity index (χ4v) is 2.99. The van der Waals surface area contributed by atoms with Gasteiger partial charge >= 0.3 is 0 Å². The van der Waals surface area contributed by atoms with Gasteiger partial charge in [-0.05, 0) is 28.1 Å². The molecule has 0 saturated carbocycles. The van der Waals surface area contributed by atoms with Crippen molar-refractivity contribution in [3.63, 3.8) is 0 Å². The Morgan fingerprint density at radius 3 is 2.65 bits per heavy atom. The summed E-state index contributed by atoms with van der Waals surface area (Å²) >= 11 is 9.35. The minimum absolute atomic E-state index is 0.377. The Labute approximate surface area is 144 Å². The van der Waals surface area contributed by atoms with E-state index in [1.165, 1.54) is 0 Å². The zero-order valence-electron chi connectivity index (χ0n) is 11.7. The number of ether oxygens (including phenoxy) is 2. The minimum Gasteiger partial charge on any atom is -0.460 e. The number of H-pyrrole nitrogens is 1. The lowest BCUT2D eigenvalue weighted by Crippen LogP contribution is -2.60. The lowest BCUT2D eigenvalue weighted by atomic mass is 9.99. The molecule has 126 valence electrons. The third-order valence-electron chi connectivity index (χ3n) is 3.78. The Hall–Kier alpha value is -0.870. The predicted molar refractivity (Wildman–Crippen MR) is 85.4 cm³/mol. The van der Waals surface area contributed by atoms with Crippen molar-refractivity contribution >= 4 is 38.4 Å². The van der Waals surface area contributed by atoms with Gasteiger partial charge in [-0.1, -0.05) is 11.6 Å². The number of aliphatic hydroxyl groups excluding tert-OH is 4. The molecule has 5 atom stereocenters. The molecule has 7 nitrogen and oxygen atoms in total. The number of fused-ring (bicyclic) bond motifs is 1. The van der Waals surface area contributed by atoms with Gasteiger partial charge in [-0.3, -0.25) is 0 Å². The van der Waals surface area contributed by atoms with Crippen LogP contribution in [0.4, 0.5) is 0 Å². The van der Waals surface area contributed by atoms with Crippen molar-refractivity contribution in [3.8, 4) is 5.75 Å². The molecular weight excluding hydrogens is 394 g/mol. The number of aliphatic hydroxyl groups is 4. The van der Waals surface area contributed by atoms with Gasteiger partial charge in [-0.15, -0.1) is 0 Å². The molecule has 2 aromatic rings. The Morgan fingerprint density at radius 2 is 1.96 bits per heavy atom. The number of benzene rings is 1. The Kier molecular flexibility index (Phi) is 4.84. The van der Waals surface area contributed by atoms with Crippen LogP contribution in [0.25, 0.3) is 10.9 Å². The maximum atomic E-state index is 10.0. The van der Waals surface area contributed by atoms with E-state index in [1.54, 1.807) is 18.3 Å². The molecule has 1 aliphatic rings. The summed E-state index contributed by atoms with van der Waals surface area (Å²) in [6.45, 7) is -0.514. The summed E-state index contributed by atoms with van der Waals surface area (Å²) in [5.41, 5.74) is 0.720. The number of rotatable bonds is 3. The fraction of sp³-hybridized carbons (Fsp3) is 0.429. The summed E-state index contributed by atoms with van der Waals surface area (Å²) in [5, 5.41) is 40.0. The molecule has 9 heteroatoms. The molecule has 0 unspecified atom stereocenters. The summed E-state index contributed by atoms with van der Waals surface area (Å²) in [5.74, 6) is 0.377. The number of halogens is 2. The van der Waals surface area contributed by atoms with Crippen LogP contribution in [0.1, 0.15) is 0 Å². The molecule has 0 radical (unpaired) electrons. The van der Waals surface area contributed by atoms with Crippen molar-refractivity contribution in [3.05, 3.63) is 27.8 Å². The quantitative estimate of drug-likeness (QED) is 0.512. The number of aromatic nitrogens is 1. The van der Waals surface area contributed by atoms with E-state index in [-0.39, 0.29) is 0 Å². The van der Waals surface area contributed by atoms with Crippen molar-refractivity contribution in [2.24, 2.45) is 0 Å². The molecule has 1 fully saturated rings. The SMILES string of the molecule is OC[C@H]1O[C@H](Oc2c[nH]c3cc(Cl)c(Br)cc23)[C@@H](O)[C@H](O)[C@@H]1O. The second-order valence-corrected chi connectivity index (χ2v) is 6.54. The number of nitrogens with one attached hydrogen (secondary N) is 1. The lowest BCUT2D eigenvalue weighted by Gasteiger charge is -2.39.